The third kappa shape index (κ3) is 2.85. The Balaban J connectivity index is 1.59. The predicted molar refractivity (Wildman–Crippen MR) is 127 cm³/mol. The molecule has 0 bridgehead atoms. The number of nitrogens with one attached hydrogen (secondary N) is 1. The number of fused-ring (bicyclic) bond motifs is 7. The number of aliphatic hydroxyl groups excluding tert-OH is 1. The quantitative estimate of drug-likeness (QED) is 0.541. The van der Waals surface area contributed by atoms with Crippen molar-refractivity contribution in [3.05, 3.63) is 47.7 Å². The van der Waals surface area contributed by atoms with Crippen LogP contribution in [0.25, 0.3) is 10.9 Å². The van der Waals surface area contributed by atoms with E-state index < -0.39 is 5.60 Å². The highest BCUT2D eigenvalue weighted by molar-refractivity contribution is 5.86. The SMILES string of the molecule is CC(C)(O)C=CC[C@]1(C)[C@@H](O)CC[C@@]2(C)[C@H]1CC[C@H]1Cc3c([nH]c4ccccc34)[C@@]12C. The van der Waals surface area contributed by atoms with Crippen LogP contribution >= 0.6 is 0 Å². The minimum absolute atomic E-state index is 0.103. The van der Waals surface area contributed by atoms with Crippen LogP contribution in [0.1, 0.15) is 78.0 Å². The average molecular weight is 422 g/mol. The van der Waals surface area contributed by atoms with E-state index in [0.29, 0.717) is 11.8 Å². The van der Waals surface area contributed by atoms with Gasteiger partial charge in [-0.25, -0.2) is 0 Å². The topological polar surface area (TPSA) is 56.2 Å². The van der Waals surface area contributed by atoms with Gasteiger partial charge in [0.25, 0.3) is 0 Å². The van der Waals surface area contributed by atoms with Crippen LogP contribution in [0.15, 0.2) is 36.4 Å². The maximum atomic E-state index is 11.2. The van der Waals surface area contributed by atoms with Crippen molar-refractivity contribution in [1.82, 2.24) is 4.98 Å². The van der Waals surface area contributed by atoms with Crippen molar-refractivity contribution in [2.45, 2.75) is 90.3 Å². The summed E-state index contributed by atoms with van der Waals surface area (Å²) in [6.45, 7) is 11.0. The van der Waals surface area contributed by atoms with Crippen molar-refractivity contribution in [2.24, 2.45) is 22.7 Å². The summed E-state index contributed by atoms with van der Waals surface area (Å²) in [6.07, 6.45) is 10.1. The zero-order valence-electron chi connectivity index (χ0n) is 19.8. The molecule has 3 aliphatic rings. The second-order valence-electron chi connectivity index (χ2n) is 12.0. The molecule has 0 unspecified atom stereocenters. The lowest BCUT2D eigenvalue weighted by molar-refractivity contribution is -0.162. The van der Waals surface area contributed by atoms with E-state index in [2.05, 4.69) is 56.1 Å². The molecule has 1 heterocycles. The molecule has 168 valence electrons. The van der Waals surface area contributed by atoms with E-state index in [1.807, 2.05) is 19.9 Å². The molecule has 0 aliphatic heterocycles. The standard InChI is InChI=1S/C28H39NO2/c1-25(2,31)14-8-15-26(3)22-12-11-18-17-20-19-9-6-7-10-21(19)29-24(20)28(18,5)27(22,4)16-13-23(26)30/h6-10,14,18,22-23,29-31H,11-13,15-17H2,1-5H3/t18-,22-,23-,26-,27-,28+/m0/s1. The molecular weight excluding hydrogens is 382 g/mol. The van der Waals surface area contributed by atoms with Crippen LogP contribution < -0.4 is 0 Å². The monoisotopic (exact) mass is 421 g/mol. The molecule has 0 radical (unpaired) electrons. The van der Waals surface area contributed by atoms with Gasteiger partial charge in [0.2, 0.25) is 0 Å². The highest BCUT2D eigenvalue weighted by Crippen LogP contribution is 2.70. The molecule has 0 amide bonds. The number of benzene rings is 1. The van der Waals surface area contributed by atoms with Gasteiger partial charge >= 0.3 is 0 Å². The van der Waals surface area contributed by atoms with E-state index in [1.54, 1.807) is 5.56 Å². The number of H-pyrrole nitrogens is 1. The first-order chi connectivity index (χ1) is 14.5. The Morgan fingerprint density at radius 2 is 1.87 bits per heavy atom. The van der Waals surface area contributed by atoms with Crippen LogP contribution in [0, 0.1) is 22.7 Å². The van der Waals surface area contributed by atoms with E-state index >= 15 is 0 Å². The lowest BCUT2D eigenvalue weighted by Crippen LogP contribution is -2.62. The Kier molecular flexibility index (Phi) is 4.61. The highest BCUT2D eigenvalue weighted by Gasteiger charge is 2.66. The Morgan fingerprint density at radius 1 is 1.13 bits per heavy atom. The lowest BCUT2D eigenvalue weighted by Gasteiger charge is -2.64. The summed E-state index contributed by atoms with van der Waals surface area (Å²) in [5, 5.41) is 22.8. The number of aromatic amines is 1. The summed E-state index contributed by atoms with van der Waals surface area (Å²) in [6, 6.07) is 8.78. The minimum atomic E-state index is -0.812. The molecule has 1 aromatic heterocycles. The lowest BCUT2D eigenvalue weighted by atomic mass is 9.40. The number of allylic oxidation sites excluding steroid dienone is 1. The molecule has 3 aliphatic carbocycles. The maximum Gasteiger partial charge on any atom is 0.0771 e. The van der Waals surface area contributed by atoms with Crippen LogP contribution in [-0.4, -0.2) is 26.9 Å². The average Bonchev–Trinajstić information content (AvgIpc) is 3.20. The molecule has 0 saturated heterocycles. The van der Waals surface area contributed by atoms with Crippen LogP contribution in [0.4, 0.5) is 0 Å². The Bertz CT molecular complexity index is 1030. The van der Waals surface area contributed by atoms with Gasteiger partial charge in [-0.15, -0.1) is 0 Å². The van der Waals surface area contributed by atoms with Gasteiger partial charge in [0.15, 0.2) is 0 Å². The third-order valence-corrected chi connectivity index (χ3v) is 9.94. The number of hydrogen-bond acceptors (Lipinski definition) is 2. The summed E-state index contributed by atoms with van der Waals surface area (Å²) in [5.74, 6) is 1.12. The van der Waals surface area contributed by atoms with E-state index in [9.17, 15) is 10.2 Å². The molecule has 2 aromatic rings. The van der Waals surface area contributed by atoms with Gasteiger partial charge in [-0.3, -0.25) is 0 Å². The van der Waals surface area contributed by atoms with E-state index in [0.717, 1.165) is 19.3 Å². The number of hydrogen-bond donors (Lipinski definition) is 3. The van der Waals surface area contributed by atoms with Crippen LogP contribution in [0.2, 0.25) is 0 Å². The van der Waals surface area contributed by atoms with Crippen molar-refractivity contribution in [1.29, 1.82) is 0 Å². The van der Waals surface area contributed by atoms with E-state index in [-0.39, 0.29) is 22.3 Å². The Morgan fingerprint density at radius 3 is 2.61 bits per heavy atom. The molecule has 2 fully saturated rings. The maximum absolute atomic E-state index is 11.2. The fourth-order valence-corrected chi connectivity index (χ4v) is 8.07. The summed E-state index contributed by atoms with van der Waals surface area (Å²) in [5.41, 5.74) is 3.54. The number of aliphatic hydroxyl groups is 2. The molecule has 6 atom stereocenters. The highest BCUT2D eigenvalue weighted by atomic mass is 16.3. The molecule has 3 heteroatoms. The zero-order valence-corrected chi connectivity index (χ0v) is 19.8. The van der Waals surface area contributed by atoms with Gasteiger partial charge in [-0.05, 0) is 81.3 Å². The van der Waals surface area contributed by atoms with Gasteiger partial charge in [-0.1, -0.05) is 51.1 Å². The fourth-order valence-electron chi connectivity index (χ4n) is 8.07. The van der Waals surface area contributed by atoms with Gasteiger partial charge in [-0.2, -0.15) is 0 Å². The van der Waals surface area contributed by atoms with Crippen molar-refractivity contribution in [3.63, 3.8) is 0 Å². The Labute approximate surface area is 187 Å². The van der Waals surface area contributed by atoms with Crippen molar-refractivity contribution in [3.8, 4) is 0 Å². The molecular formula is C28H39NO2. The van der Waals surface area contributed by atoms with E-state index in [4.69, 9.17) is 0 Å². The molecule has 3 nitrogen and oxygen atoms in total. The summed E-state index contributed by atoms with van der Waals surface area (Å²) < 4.78 is 0. The molecule has 5 rings (SSSR count). The third-order valence-electron chi connectivity index (χ3n) is 9.94. The fraction of sp³-hybridized carbons (Fsp3) is 0.643. The van der Waals surface area contributed by atoms with Crippen LogP contribution in [0.3, 0.4) is 0 Å². The van der Waals surface area contributed by atoms with Crippen LogP contribution in [0.5, 0.6) is 0 Å². The summed E-state index contributed by atoms with van der Waals surface area (Å²) in [4.78, 5) is 3.87. The number of rotatable bonds is 3. The van der Waals surface area contributed by atoms with Gasteiger partial charge < -0.3 is 15.2 Å². The van der Waals surface area contributed by atoms with Gasteiger partial charge in [0.1, 0.15) is 0 Å². The smallest absolute Gasteiger partial charge is 0.0771 e. The first-order valence-electron chi connectivity index (χ1n) is 12.2. The van der Waals surface area contributed by atoms with Crippen molar-refractivity contribution in [2.75, 3.05) is 0 Å². The zero-order chi connectivity index (χ0) is 22.2. The second kappa shape index (κ2) is 6.71. The molecule has 1 aromatic carbocycles. The van der Waals surface area contributed by atoms with Gasteiger partial charge in [0, 0.05) is 27.4 Å². The second-order valence-corrected chi connectivity index (χ2v) is 12.0. The van der Waals surface area contributed by atoms with Crippen molar-refractivity contribution >= 4 is 10.9 Å². The summed E-state index contributed by atoms with van der Waals surface area (Å²) in [7, 11) is 0. The number of aromatic nitrogens is 1. The predicted octanol–water partition coefficient (Wildman–Crippen LogP) is 5.89. The largest absolute Gasteiger partial charge is 0.393 e. The molecule has 2 saturated carbocycles. The Hall–Kier alpha value is -1.58. The van der Waals surface area contributed by atoms with Crippen LogP contribution in [-0.2, 0) is 11.8 Å². The molecule has 0 spiro atoms. The van der Waals surface area contributed by atoms with Crippen molar-refractivity contribution < 1.29 is 10.2 Å². The minimum Gasteiger partial charge on any atom is -0.393 e. The van der Waals surface area contributed by atoms with E-state index in [1.165, 1.54) is 35.9 Å². The number of para-hydroxylation sites is 1. The first-order valence-corrected chi connectivity index (χ1v) is 12.2. The normalized spacial score (nSPS) is 40.2. The molecule has 3 N–H and O–H groups in total. The molecule has 31 heavy (non-hydrogen) atoms. The van der Waals surface area contributed by atoms with Gasteiger partial charge in [0.05, 0.1) is 11.7 Å². The first kappa shape index (κ1) is 21.3. The summed E-state index contributed by atoms with van der Waals surface area (Å²) >= 11 is 0.